The number of rotatable bonds is 6. The lowest BCUT2D eigenvalue weighted by Gasteiger charge is -2.36. The number of Topliss-reactive ketones (excluding diaryl/α,β-unsaturated/α-hetero) is 1. The molecule has 2 N–H and O–H groups in total. The summed E-state index contributed by atoms with van der Waals surface area (Å²) < 4.78 is 1.38. The summed E-state index contributed by atoms with van der Waals surface area (Å²) in [5.74, 6) is -0.231. The van der Waals surface area contributed by atoms with Gasteiger partial charge in [0.05, 0.1) is 11.3 Å². The lowest BCUT2D eigenvalue weighted by molar-refractivity contribution is 0.101. The van der Waals surface area contributed by atoms with Gasteiger partial charge in [-0.15, -0.1) is 0 Å². The predicted octanol–water partition coefficient (Wildman–Crippen LogP) is 2.20. The molecular weight excluding hydrogens is 378 g/mol. The minimum atomic E-state index is -0.386. The van der Waals surface area contributed by atoms with Gasteiger partial charge in [0, 0.05) is 50.0 Å². The molecule has 2 heterocycles. The lowest BCUT2D eigenvalue weighted by Crippen LogP contribution is -2.46. The van der Waals surface area contributed by atoms with Crippen molar-refractivity contribution in [2.45, 2.75) is 26.8 Å². The van der Waals surface area contributed by atoms with Crippen LogP contribution in [-0.2, 0) is 6.54 Å². The topological polar surface area (TPSA) is 84.5 Å². The van der Waals surface area contributed by atoms with Crippen molar-refractivity contribution in [1.29, 1.82) is 0 Å². The maximum atomic E-state index is 12.3. The first-order valence-electron chi connectivity index (χ1n) is 9.48. The second-order valence-corrected chi connectivity index (χ2v) is 7.55. The molecule has 8 heteroatoms. The minimum Gasteiger partial charge on any atom is -0.394 e. The standard InChI is InChI=1S/C20H26ClN5O2/c1-14-18(15(2)27)19(22)20(28)26(23-14)9-3-8-24-10-12-25(13-11-24)17-6-4-16(21)5-7-17/h4-7H,3,8-13,22H2,1-2H3. The third-order valence-corrected chi connectivity index (χ3v) is 5.38. The molecular formula is C20H26ClN5O2. The molecule has 0 spiro atoms. The minimum absolute atomic E-state index is 0.00317. The fourth-order valence-electron chi connectivity index (χ4n) is 3.64. The van der Waals surface area contributed by atoms with Crippen LogP contribution in [0.25, 0.3) is 0 Å². The van der Waals surface area contributed by atoms with Crippen LogP contribution in [0.2, 0.25) is 5.02 Å². The van der Waals surface area contributed by atoms with Crippen molar-refractivity contribution in [3.8, 4) is 0 Å². The third kappa shape index (κ3) is 4.54. The number of ketones is 1. The molecule has 1 fully saturated rings. The zero-order valence-corrected chi connectivity index (χ0v) is 17.1. The number of nitrogens with two attached hydrogens (primary N) is 1. The van der Waals surface area contributed by atoms with Crippen LogP contribution in [0.3, 0.4) is 0 Å². The van der Waals surface area contributed by atoms with Crippen LogP contribution < -0.4 is 16.2 Å². The average molecular weight is 404 g/mol. The zero-order valence-electron chi connectivity index (χ0n) is 16.3. The smallest absolute Gasteiger partial charge is 0.290 e. The molecule has 1 aromatic carbocycles. The van der Waals surface area contributed by atoms with Gasteiger partial charge in [-0.1, -0.05) is 11.6 Å². The molecule has 0 bridgehead atoms. The van der Waals surface area contributed by atoms with Crippen molar-refractivity contribution >= 4 is 28.8 Å². The van der Waals surface area contributed by atoms with Gasteiger partial charge >= 0.3 is 0 Å². The predicted molar refractivity (Wildman–Crippen MR) is 112 cm³/mol. The maximum Gasteiger partial charge on any atom is 0.290 e. The normalized spacial score (nSPS) is 15.0. The Morgan fingerprint density at radius 1 is 1.14 bits per heavy atom. The van der Waals surface area contributed by atoms with Crippen molar-refractivity contribution in [1.82, 2.24) is 14.7 Å². The van der Waals surface area contributed by atoms with E-state index >= 15 is 0 Å². The van der Waals surface area contributed by atoms with E-state index in [0.29, 0.717) is 12.2 Å². The van der Waals surface area contributed by atoms with Crippen LogP contribution in [0.1, 0.15) is 29.4 Å². The van der Waals surface area contributed by atoms with E-state index in [1.165, 1.54) is 17.3 Å². The Bertz CT molecular complexity index is 902. The Kier molecular flexibility index (Phi) is 6.36. The van der Waals surface area contributed by atoms with E-state index in [1.807, 2.05) is 24.3 Å². The fraction of sp³-hybridized carbons (Fsp3) is 0.450. The molecule has 1 aliphatic rings. The summed E-state index contributed by atoms with van der Waals surface area (Å²) in [7, 11) is 0. The Morgan fingerprint density at radius 2 is 1.79 bits per heavy atom. The number of carbonyl (C=O) groups excluding carboxylic acids is 1. The zero-order chi connectivity index (χ0) is 20.3. The van der Waals surface area contributed by atoms with E-state index < -0.39 is 0 Å². The summed E-state index contributed by atoms with van der Waals surface area (Å²) >= 11 is 5.96. The lowest BCUT2D eigenvalue weighted by atomic mass is 10.1. The molecule has 0 saturated carbocycles. The highest BCUT2D eigenvalue weighted by Gasteiger charge is 2.18. The van der Waals surface area contributed by atoms with Gasteiger partial charge in [0.1, 0.15) is 5.69 Å². The van der Waals surface area contributed by atoms with Gasteiger partial charge < -0.3 is 10.6 Å². The summed E-state index contributed by atoms with van der Waals surface area (Å²) in [4.78, 5) is 28.7. The molecule has 3 rings (SSSR count). The van der Waals surface area contributed by atoms with Crippen LogP contribution in [0.15, 0.2) is 29.1 Å². The van der Waals surface area contributed by atoms with Crippen LogP contribution in [-0.4, -0.2) is 53.2 Å². The molecule has 1 aromatic heterocycles. The molecule has 28 heavy (non-hydrogen) atoms. The number of anilines is 2. The molecule has 0 unspecified atom stereocenters. The SMILES string of the molecule is CC(=O)c1c(C)nn(CCCN2CCN(c3ccc(Cl)cc3)CC2)c(=O)c1N. The van der Waals surface area contributed by atoms with Gasteiger partial charge in [-0.2, -0.15) is 5.10 Å². The molecule has 1 saturated heterocycles. The first-order valence-corrected chi connectivity index (χ1v) is 9.85. The largest absolute Gasteiger partial charge is 0.394 e. The van der Waals surface area contributed by atoms with Gasteiger partial charge in [0.15, 0.2) is 5.78 Å². The van der Waals surface area contributed by atoms with E-state index in [-0.39, 0.29) is 22.6 Å². The van der Waals surface area contributed by atoms with Crippen molar-refractivity contribution in [2.24, 2.45) is 0 Å². The van der Waals surface area contributed by atoms with E-state index in [9.17, 15) is 9.59 Å². The number of hydrogen-bond acceptors (Lipinski definition) is 6. The molecule has 0 atom stereocenters. The molecule has 0 aliphatic carbocycles. The number of hydrogen-bond donors (Lipinski definition) is 1. The molecule has 2 aromatic rings. The highest BCUT2D eigenvalue weighted by molar-refractivity contribution is 6.30. The number of nitrogen functional groups attached to an aromatic ring is 1. The third-order valence-electron chi connectivity index (χ3n) is 5.13. The van der Waals surface area contributed by atoms with Crippen LogP contribution >= 0.6 is 11.6 Å². The van der Waals surface area contributed by atoms with E-state index in [4.69, 9.17) is 17.3 Å². The van der Waals surface area contributed by atoms with Crippen LogP contribution in [0.5, 0.6) is 0 Å². The molecule has 0 radical (unpaired) electrons. The molecule has 7 nitrogen and oxygen atoms in total. The fourth-order valence-corrected chi connectivity index (χ4v) is 3.76. The molecule has 150 valence electrons. The van der Waals surface area contributed by atoms with Crippen molar-refractivity contribution < 1.29 is 4.79 Å². The second kappa shape index (κ2) is 8.75. The highest BCUT2D eigenvalue weighted by atomic mass is 35.5. The van der Waals surface area contributed by atoms with Crippen molar-refractivity contribution in [2.75, 3.05) is 43.4 Å². The number of nitrogens with zero attached hydrogens (tertiary/aromatic N) is 4. The van der Waals surface area contributed by atoms with E-state index in [1.54, 1.807) is 6.92 Å². The number of piperazine rings is 1. The van der Waals surface area contributed by atoms with E-state index in [0.717, 1.165) is 44.2 Å². The first-order chi connectivity index (χ1) is 13.4. The van der Waals surface area contributed by atoms with Crippen LogP contribution in [0.4, 0.5) is 11.4 Å². The summed E-state index contributed by atoms with van der Waals surface area (Å²) in [6.07, 6.45) is 0.798. The highest BCUT2D eigenvalue weighted by Crippen LogP contribution is 2.19. The summed E-state index contributed by atoms with van der Waals surface area (Å²) in [5.41, 5.74) is 7.40. The Hall–Kier alpha value is -2.38. The maximum absolute atomic E-state index is 12.3. The Morgan fingerprint density at radius 3 is 2.39 bits per heavy atom. The monoisotopic (exact) mass is 403 g/mol. The van der Waals surface area contributed by atoms with Gasteiger partial charge in [-0.05, 0) is 44.5 Å². The van der Waals surface area contributed by atoms with Gasteiger partial charge in [0.25, 0.3) is 5.56 Å². The summed E-state index contributed by atoms with van der Waals surface area (Å²) in [6.45, 7) is 8.32. The Labute approximate surface area is 169 Å². The number of halogens is 1. The number of aromatic nitrogens is 2. The van der Waals surface area contributed by atoms with Gasteiger partial charge in [0.2, 0.25) is 0 Å². The van der Waals surface area contributed by atoms with Crippen molar-refractivity contribution in [3.05, 3.63) is 50.9 Å². The molecule has 1 aliphatic heterocycles. The summed E-state index contributed by atoms with van der Waals surface area (Å²) in [6, 6.07) is 7.93. The van der Waals surface area contributed by atoms with Gasteiger partial charge in [-0.3, -0.25) is 14.5 Å². The van der Waals surface area contributed by atoms with Crippen molar-refractivity contribution in [3.63, 3.8) is 0 Å². The number of benzene rings is 1. The quantitative estimate of drug-likeness (QED) is 0.744. The average Bonchev–Trinajstić information content (AvgIpc) is 2.66. The first kappa shape index (κ1) is 20.4. The number of carbonyl (C=O) groups is 1. The van der Waals surface area contributed by atoms with Gasteiger partial charge in [-0.25, -0.2) is 4.68 Å². The van der Waals surface area contributed by atoms with Crippen LogP contribution in [0, 0.1) is 6.92 Å². The Balaban J connectivity index is 1.52. The molecule has 0 amide bonds. The summed E-state index contributed by atoms with van der Waals surface area (Å²) in [5, 5.41) is 5.01. The second-order valence-electron chi connectivity index (χ2n) is 7.12. The number of aryl methyl sites for hydroxylation is 2. The van der Waals surface area contributed by atoms with E-state index in [2.05, 4.69) is 14.9 Å².